The molecule has 0 aromatic rings. The lowest BCUT2D eigenvalue weighted by Crippen LogP contribution is -2.45. The SMILES string of the molecule is CC/C=C\C/C=C\C/C=C\C/C=C\C/C=C\C/C=C\C/C=C\C/C=C\C/C=C\CCCCCCCCCCCC(=O)NC(COP(=O)([O-])OCC[N+](C)(C)C)C(O)/C=C/CCCCCCCC. The quantitative estimate of drug-likeness (QED) is 0.0272. The Balaban J connectivity index is 4.05. The molecule has 0 aliphatic carbocycles. The summed E-state index contributed by atoms with van der Waals surface area (Å²) in [5.74, 6) is -0.214. The van der Waals surface area contributed by atoms with Crippen LogP contribution in [0.25, 0.3) is 0 Å². The van der Waals surface area contributed by atoms with Gasteiger partial charge in [-0.25, -0.2) is 0 Å². The van der Waals surface area contributed by atoms with Gasteiger partial charge in [0.15, 0.2) is 0 Å². The molecule has 0 fully saturated rings. The molecule has 0 rings (SSSR count). The number of carbonyl (C=O) groups is 1. The Morgan fingerprint density at radius 3 is 1.33 bits per heavy atom. The number of rotatable bonds is 46. The van der Waals surface area contributed by atoms with E-state index < -0.39 is 26.6 Å². The average Bonchev–Trinajstić information content (AvgIpc) is 3.29. The van der Waals surface area contributed by atoms with E-state index in [1.807, 2.05) is 27.2 Å². The number of aliphatic hydroxyl groups is 1. The van der Waals surface area contributed by atoms with Crippen LogP contribution in [-0.2, 0) is 18.4 Å². The van der Waals surface area contributed by atoms with E-state index in [1.165, 1.54) is 57.8 Å². The third kappa shape index (κ3) is 50.6. The maximum Gasteiger partial charge on any atom is 0.268 e. The minimum atomic E-state index is -4.59. The third-order valence-corrected chi connectivity index (χ3v) is 11.9. The van der Waals surface area contributed by atoms with Crippen LogP contribution in [0.3, 0.4) is 0 Å². The number of unbranched alkanes of at least 4 members (excludes halogenated alkanes) is 15. The Morgan fingerprint density at radius 2 is 0.910 bits per heavy atom. The van der Waals surface area contributed by atoms with Crippen molar-refractivity contribution in [2.75, 3.05) is 40.9 Å². The van der Waals surface area contributed by atoms with Crippen molar-refractivity contribution in [2.24, 2.45) is 0 Å². The molecule has 67 heavy (non-hydrogen) atoms. The Kier molecular flexibility index (Phi) is 45.7. The minimum Gasteiger partial charge on any atom is -0.756 e. The molecule has 0 aliphatic rings. The van der Waals surface area contributed by atoms with E-state index in [-0.39, 0.29) is 12.5 Å². The Bertz CT molecular complexity index is 1500. The van der Waals surface area contributed by atoms with E-state index in [4.69, 9.17) is 9.05 Å². The number of nitrogens with one attached hydrogen (secondary N) is 1. The molecule has 1 amide bonds. The number of nitrogens with zero attached hydrogens (tertiary/aromatic N) is 1. The van der Waals surface area contributed by atoms with Gasteiger partial charge in [0.1, 0.15) is 13.2 Å². The number of carbonyl (C=O) groups excluding carboxylic acids is 1. The lowest BCUT2D eigenvalue weighted by atomic mass is 10.0. The van der Waals surface area contributed by atoms with Gasteiger partial charge in [0, 0.05) is 6.42 Å². The Labute approximate surface area is 412 Å². The predicted molar refractivity (Wildman–Crippen MR) is 288 cm³/mol. The topological polar surface area (TPSA) is 108 Å². The van der Waals surface area contributed by atoms with Crippen LogP contribution in [0.15, 0.2) is 122 Å². The fourth-order valence-corrected chi connectivity index (χ4v) is 7.51. The summed E-state index contributed by atoms with van der Waals surface area (Å²) in [5.41, 5.74) is 0. The number of hydrogen-bond donors (Lipinski definition) is 2. The molecular formula is C58H99N2O6P. The molecule has 8 nitrogen and oxygen atoms in total. The number of aliphatic hydroxyl groups excluding tert-OH is 1. The Morgan fingerprint density at radius 1 is 0.537 bits per heavy atom. The number of phosphoric acid groups is 1. The van der Waals surface area contributed by atoms with Crippen LogP contribution in [0, 0.1) is 0 Å². The summed E-state index contributed by atoms with van der Waals surface area (Å²) < 4.78 is 23.1. The van der Waals surface area contributed by atoms with E-state index in [0.29, 0.717) is 17.4 Å². The predicted octanol–water partition coefficient (Wildman–Crippen LogP) is 15.2. The number of hydrogen-bond acceptors (Lipinski definition) is 6. The second-order valence-electron chi connectivity index (χ2n) is 18.5. The normalized spacial score (nSPS) is 15.0. The molecule has 9 heteroatoms. The van der Waals surface area contributed by atoms with Gasteiger partial charge in [0.25, 0.3) is 7.82 Å². The van der Waals surface area contributed by atoms with Crippen LogP contribution in [-0.4, -0.2) is 68.5 Å². The van der Waals surface area contributed by atoms with E-state index in [1.54, 1.807) is 6.08 Å². The summed E-state index contributed by atoms with van der Waals surface area (Å²) in [6.07, 6.45) is 71.4. The maximum atomic E-state index is 12.9. The number of quaternary nitrogens is 1. The fourth-order valence-electron chi connectivity index (χ4n) is 6.79. The van der Waals surface area contributed by atoms with E-state index in [9.17, 15) is 19.4 Å². The molecule has 0 bridgehead atoms. The highest BCUT2D eigenvalue weighted by atomic mass is 31.2. The van der Waals surface area contributed by atoms with Crippen molar-refractivity contribution < 1.29 is 32.9 Å². The lowest BCUT2D eigenvalue weighted by molar-refractivity contribution is -0.870. The lowest BCUT2D eigenvalue weighted by Gasteiger charge is -2.29. The molecule has 0 spiro atoms. The van der Waals surface area contributed by atoms with Crippen molar-refractivity contribution in [1.29, 1.82) is 0 Å². The van der Waals surface area contributed by atoms with Crippen molar-refractivity contribution in [3.8, 4) is 0 Å². The summed E-state index contributed by atoms with van der Waals surface area (Å²) in [6, 6.07) is -0.895. The van der Waals surface area contributed by atoms with Crippen molar-refractivity contribution in [1.82, 2.24) is 5.32 Å². The second-order valence-corrected chi connectivity index (χ2v) is 19.9. The molecule has 3 atom stereocenters. The highest BCUT2D eigenvalue weighted by Gasteiger charge is 2.23. The Hall–Kier alpha value is -3.10. The fraction of sp³-hybridized carbons (Fsp3) is 0.638. The molecule has 0 radical (unpaired) electrons. The van der Waals surface area contributed by atoms with Crippen molar-refractivity contribution in [2.45, 2.75) is 199 Å². The van der Waals surface area contributed by atoms with Gasteiger partial charge >= 0.3 is 0 Å². The maximum absolute atomic E-state index is 12.9. The number of likely N-dealkylation sites (N-methyl/N-ethyl adjacent to an activating group) is 1. The molecule has 0 heterocycles. The van der Waals surface area contributed by atoms with Gasteiger partial charge < -0.3 is 28.8 Å². The first-order valence-corrected chi connectivity index (χ1v) is 27.9. The highest BCUT2D eigenvalue weighted by Crippen LogP contribution is 2.38. The zero-order valence-electron chi connectivity index (χ0n) is 43.3. The number of amides is 1. The van der Waals surface area contributed by atoms with Crippen LogP contribution in [0.4, 0.5) is 0 Å². The summed E-state index contributed by atoms with van der Waals surface area (Å²) >= 11 is 0. The van der Waals surface area contributed by atoms with E-state index >= 15 is 0 Å². The molecule has 382 valence electrons. The molecule has 0 aliphatic heterocycles. The van der Waals surface area contributed by atoms with Crippen LogP contribution in [0.2, 0.25) is 0 Å². The first kappa shape index (κ1) is 63.9. The number of phosphoric ester groups is 1. The molecule has 2 N–H and O–H groups in total. The molecule has 0 saturated carbocycles. The summed E-state index contributed by atoms with van der Waals surface area (Å²) in [4.78, 5) is 25.3. The van der Waals surface area contributed by atoms with Gasteiger partial charge in [-0.2, -0.15) is 0 Å². The van der Waals surface area contributed by atoms with Gasteiger partial charge in [0.2, 0.25) is 5.91 Å². The molecule has 3 unspecified atom stereocenters. The first-order chi connectivity index (χ1) is 32.5. The molecule has 0 aromatic carbocycles. The van der Waals surface area contributed by atoms with Gasteiger partial charge in [-0.05, 0) is 89.9 Å². The summed E-state index contributed by atoms with van der Waals surface area (Å²) in [6.45, 7) is 4.45. The van der Waals surface area contributed by atoms with Gasteiger partial charge in [-0.15, -0.1) is 0 Å². The van der Waals surface area contributed by atoms with Crippen LogP contribution in [0.1, 0.15) is 187 Å². The molecule has 0 aromatic heterocycles. The van der Waals surface area contributed by atoms with E-state index in [2.05, 4.69) is 129 Å². The average molecular weight is 951 g/mol. The first-order valence-electron chi connectivity index (χ1n) is 26.4. The van der Waals surface area contributed by atoms with Gasteiger partial charge in [-0.1, -0.05) is 212 Å². The smallest absolute Gasteiger partial charge is 0.268 e. The standard InChI is InChI=1S/C58H99N2O6P/c1-6-8-10-12-14-16-17-18-19-20-21-22-23-24-25-26-27-28-29-30-31-32-33-34-35-36-37-38-39-40-41-42-43-44-46-48-50-52-58(62)59-56(55-66-67(63,64)65-54-53-60(3,4)5)57(61)51-49-47-45-15-13-11-9-7-2/h8,10,14,16,18-19,21-22,24-25,27-28,30-31,33-34,36-37,49,51,56-57,61H,6-7,9,11-13,15,17,20,23,26,29,32,35,38-48,50,52-55H2,1-5H3,(H-,59,62,63,64)/b10-8-,16-14-,19-18-,22-21-,25-24-,28-27-,31-30-,34-33-,37-36-,51-49+. The minimum absolute atomic E-state index is 0.00850. The third-order valence-electron chi connectivity index (χ3n) is 10.9. The van der Waals surface area contributed by atoms with Crippen LogP contribution in [0.5, 0.6) is 0 Å². The highest BCUT2D eigenvalue weighted by molar-refractivity contribution is 7.45. The number of allylic oxidation sites excluding steroid dienone is 19. The zero-order valence-corrected chi connectivity index (χ0v) is 44.2. The van der Waals surface area contributed by atoms with Crippen LogP contribution < -0.4 is 10.2 Å². The summed E-state index contributed by atoms with van der Waals surface area (Å²) in [7, 11) is 1.24. The van der Waals surface area contributed by atoms with Crippen molar-refractivity contribution >= 4 is 13.7 Å². The van der Waals surface area contributed by atoms with Crippen molar-refractivity contribution in [3.05, 3.63) is 122 Å². The summed E-state index contributed by atoms with van der Waals surface area (Å²) in [5, 5.41) is 13.7. The zero-order chi connectivity index (χ0) is 49.2. The monoisotopic (exact) mass is 951 g/mol. The molecular weight excluding hydrogens is 852 g/mol. The largest absolute Gasteiger partial charge is 0.756 e. The van der Waals surface area contributed by atoms with Crippen LogP contribution >= 0.6 is 7.82 Å². The van der Waals surface area contributed by atoms with Gasteiger partial charge in [0.05, 0.1) is 39.9 Å². The van der Waals surface area contributed by atoms with E-state index in [0.717, 1.165) is 109 Å². The second kappa shape index (κ2) is 47.9. The van der Waals surface area contributed by atoms with Gasteiger partial charge in [-0.3, -0.25) is 9.36 Å². The van der Waals surface area contributed by atoms with Crippen molar-refractivity contribution in [3.63, 3.8) is 0 Å². The molecule has 0 saturated heterocycles.